The van der Waals surface area contributed by atoms with Crippen LogP contribution in [0, 0.1) is 0 Å². The van der Waals surface area contributed by atoms with E-state index in [0.717, 1.165) is 16.5 Å². The van der Waals surface area contributed by atoms with Crippen molar-refractivity contribution in [1.29, 1.82) is 0 Å². The SMILES string of the molecule is CC(O)C(N)c1ccc2ncccc2c1. The zero-order valence-electron chi connectivity index (χ0n) is 8.59. The maximum Gasteiger partial charge on any atom is 0.0704 e. The van der Waals surface area contributed by atoms with E-state index in [1.165, 1.54) is 0 Å². The second kappa shape index (κ2) is 3.96. The largest absolute Gasteiger partial charge is 0.391 e. The smallest absolute Gasteiger partial charge is 0.0704 e. The quantitative estimate of drug-likeness (QED) is 0.778. The summed E-state index contributed by atoms with van der Waals surface area (Å²) in [6.45, 7) is 1.69. The Morgan fingerprint density at radius 3 is 2.87 bits per heavy atom. The lowest BCUT2D eigenvalue weighted by Gasteiger charge is -2.15. The molecule has 0 aliphatic rings. The summed E-state index contributed by atoms with van der Waals surface area (Å²) >= 11 is 0. The van der Waals surface area contributed by atoms with Crippen molar-refractivity contribution in [3.63, 3.8) is 0 Å². The van der Waals surface area contributed by atoms with Gasteiger partial charge < -0.3 is 10.8 Å². The zero-order chi connectivity index (χ0) is 10.8. The molecule has 0 amide bonds. The lowest BCUT2D eigenvalue weighted by molar-refractivity contribution is 0.164. The number of aliphatic hydroxyl groups is 1. The number of aromatic nitrogens is 1. The highest BCUT2D eigenvalue weighted by Crippen LogP contribution is 2.19. The number of pyridine rings is 1. The van der Waals surface area contributed by atoms with Crippen molar-refractivity contribution in [2.75, 3.05) is 0 Å². The number of nitrogens with two attached hydrogens (primary N) is 1. The lowest BCUT2D eigenvalue weighted by atomic mass is 10.0. The number of hydrogen-bond donors (Lipinski definition) is 2. The van der Waals surface area contributed by atoms with Gasteiger partial charge in [-0.05, 0) is 30.7 Å². The Balaban J connectivity index is 2.47. The van der Waals surface area contributed by atoms with E-state index in [0.29, 0.717) is 0 Å². The van der Waals surface area contributed by atoms with Gasteiger partial charge in [-0.3, -0.25) is 4.98 Å². The minimum atomic E-state index is -0.542. The normalized spacial score (nSPS) is 15.1. The van der Waals surface area contributed by atoms with Gasteiger partial charge in [0.2, 0.25) is 0 Å². The standard InChI is InChI=1S/C12H14N2O/c1-8(15)12(13)10-4-5-11-9(7-10)3-2-6-14-11/h2-8,12,15H,13H2,1H3. The third-order valence-electron chi connectivity index (χ3n) is 2.53. The maximum absolute atomic E-state index is 9.41. The summed E-state index contributed by atoms with van der Waals surface area (Å²) < 4.78 is 0. The van der Waals surface area contributed by atoms with Crippen molar-refractivity contribution in [2.45, 2.75) is 19.1 Å². The fraction of sp³-hybridized carbons (Fsp3) is 0.250. The van der Waals surface area contributed by atoms with Crippen LogP contribution in [0.2, 0.25) is 0 Å². The monoisotopic (exact) mass is 202 g/mol. The first-order chi connectivity index (χ1) is 7.18. The molecule has 15 heavy (non-hydrogen) atoms. The van der Waals surface area contributed by atoms with Gasteiger partial charge in [-0.15, -0.1) is 0 Å². The Labute approximate surface area is 88.6 Å². The highest BCUT2D eigenvalue weighted by molar-refractivity contribution is 5.79. The van der Waals surface area contributed by atoms with E-state index in [1.54, 1.807) is 13.1 Å². The molecule has 0 aliphatic carbocycles. The first-order valence-corrected chi connectivity index (χ1v) is 4.97. The van der Waals surface area contributed by atoms with Crippen molar-refractivity contribution in [2.24, 2.45) is 5.73 Å². The predicted octanol–water partition coefficient (Wildman–Crippen LogP) is 1.62. The Morgan fingerprint density at radius 1 is 1.33 bits per heavy atom. The number of aliphatic hydroxyl groups excluding tert-OH is 1. The lowest BCUT2D eigenvalue weighted by Crippen LogP contribution is -2.22. The summed E-state index contributed by atoms with van der Waals surface area (Å²) in [7, 11) is 0. The van der Waals surface area contributed by atoms with Gasteiger partial charge in [0.25, 0.3) is 0 Å². The van der Waals surface area contributed by atoms with Gasteiger partial charge in [-0.1, -0.05) is 12.1 Å². The van der Waals surface area contributed by atoms with E-state index in [-0.39, 0.29) is 6.04 Å². The van der Waals surface area contributed by atoms with Crippen LogP contribution in [0.4, 0.5) is 0 Å². The first kappa shape index (κ1) is 10.1. The Hall–Kier alpha value is -1.45. The Kier molecular flexibility index (Phi) is 2.66. The van der Waals surface area contributed by atoms with Crippen LogP contribution < -0.4 is 5.73 Å². The molecule has 0 saturated heterocycles. The fourth-order valence-corrected chi connectivity index (χ4v) is 1.58. The molecule has 0 spiro atoms. The van der Waals surface area contributed by atoms with Gasteiger partial charge in [0, 0.05) is 11.6 Å². The van der Waals surface area contributed by atoms with Gasteiger partial charge in [0.1, 0.15) is 0 Å². The molecule has 0 radical (unpaired) electrons. The maximum atomic E-state index is 9.41. The molecule has 3 N–H and O–H groups in total. The summed E-state index contributed by atoms with van der Waals surface area (Å²) in [6, 6.07) is 9.34. The van der Waals surface area contributed by atoms with Crippen molar-refractivity contribution in [3.8, 4) is 0 Å². The van der Waals surface area contributed by atoms with Gasteiger partial charge in [0.05, 0.1) is 17.7 Å². The molecule has 0 fully saturated rings. The summed E-state index contributed by atoms with van der Waals surface area (Å²) in [5.41, 5.74) is 7.74. The molecule has 1 heterocycles. The van der Waals surface area contributed by atoms with Gasteiger partial charge in [-0.2, -0.15) is 0 Å². The molecule has 3 nitrogen and oxygen atoms in total. The average Bonchev–Trinajstić information content (AvgIpc) is 2.27. The van der Waals surface area contributed by atoms with Gasteiger partial charge in [0.15, 0.2) is 0 Å². The molecule has 78 valence electrons. The van der Waals surface area contributed by atoms with E-state index in [9.17, 15) is 5.11 Å². The molecular weight excluding hydrogens is 188 g/mol. The zero-order valence-corrected chi connectivity index (χ0v) is 8.59. The fourth-order valence-electron chi connectivity index (χ4n) is 1.58. The Bertz CT molecular complexity index is 468. The summed E-state index contributed by atoms with van der Waals surface area (Å²) in [5, 5.41) is 10.5. The van der Waals surface area contributed by atoms with E-state index in [2.05, 4.69) is 4.98 Å². The topological polar surface area (TPSA) is 59.1 Å². The highest BCUT2D eigenvalue weighted by Gasteiger charge is 2.11. The van der Waals surface area contributed by atoms with Crippen LogP contribution >= 0.6 is 0 Å². The third kappa shape index (κ3) is 1.98. The Morgan fingerprint density at radius 2 is 2.13 bits per heavy atom. The van der Waals surface area contributed by atoms with Crippen LogP contribution in [0.15, 0.2) is 36.5 Å². The molecule has 3 heteroatoms. The predicted molar refractivity (Wildman–Crippen MR) is 60.4 cm³/mol. The number of rotatable bonds is 2. The van der Waals surface area contributed by atoms with Crippen LogP contribution in [0.1, 0.15) is 18.5 Å². The number of benzene rings is 1. The molecule has 2 unspecified atom stereocenters. The number of nitrogens with zero attached hydrogens (tertiary/aromatic N) is 1. The number of hydrogen-bond acceptors (Lipinski definition) is 3. The van der Waals surface area contributed by atoms with Crippen molar-refractivity contribution in [1.82, 2.24) is 4.98 Å². The van der Waals surface area contributed by atoms with Crippen LogP contribution in [-0.4, -0.2) is 16.2 Å². The van der Waals surface area contributed by atoms with Gasteiger partial charge >= 0.3 is 0 Å². The van der Waals surface area contributed by atoms with Crippen LogP contribution in [0.5, 0.6) is 0 Å². The van der Waals surface area contributed by atoms with E-state index in [4.69, 9.17) is 5.73 Å². The van der Waals surface area contributed by atoms with Gasteiger partial charge in [-0.25, -0.2) is 0 Å². The first-order valence-electron chi connectivity index (χ1n) is 4.97. The van der Waals surface area contributed by atoms with Crippen molar-refractivity contribution in [3.05, 3.63) is 42.1 Å². The molecule has 0 saturated carbocycles. The minimum absolute atomic E-state index is 0.338. The van der Waals surface area contributed by atoms with Crippen LogP contribution in [0.25, 0.3) is 10.9 Å². The summed E-state index contributed by atoms with van der Waals surface area (Å²) in [6.07, 6.45) is 1.22. The number of fused-ring (bicyclic) bond motifs is 1. The summed E-state index contributed by atoms with van der Waals surface area (Å²) in [5.74, 6) is 0. The van der Waals surface area contributed by atoms with E-state index in [1.807, 2.05) is 30.3 Å². The molecule has 2 aromatic rings. The van der Waals surface area contributed by atoms with Crippen molar-refractivity contribution >= 4 is 10.9 Å². The molecule has 1 aromatic heterocycles. The van der Waals surface area contributed by atoms with Crippen LogP contribution in [-0.2, 0) is 0 Å². The third-order valence-corrected chi connectivity index (χ3v) is 2.53. The second-order valence-corrected chi connectivity index (χ2v) is 3.72. The average molecular weight is 202 g/mol. The minimum Gasteiger partial charge on any atom is -0.391 e. The molecule has 0 bridgehead atoms. The molecule has 2 atom stereocenters. The molecular formula is C12H14N2O. The van der Waals surface area contributed by atoms with Crippen molar-refractivity contribution < 1.29 is 5.11 Å². The molecule has 0 aliphatic heterocycles. The highest BCUT2D eigenvalue weighted by atomic mass is 16.3. The molecule has 1 aromatic carbocycles. The molecule has 2 rings (SSSR count). The van der Waals surface area contributed by atoms with E-state index < -0.39 is 6.10 Å². The second-order valence-electron chi connectivity index (χ2n) is 3.72. The van der Waals surface area contributed by atoms with E-state index >= 15 is 0 Å². The van der Waals surface area contributed by atoms with Crippen LogP contribution in [0.3, 0.4) is 0 Å². The summed E-state index contributed by atoms with van der Waals surface area (Å²) in [4.78, 5) is 4.22.